The molecular weight excluding hydrogens is 312 g/mol. The maximum Gasteiger partial charge on any atom is 0.253 e. The second kappa shape index (κ2) is 8.13. The molecule has 0 saturated carbocycles. The predicted molar refractivity (Wildman–Crippen MR) is 92.0 cm³/mol. The molecule has 1 aromatic rings. The summed E-state index contributed by atoms with van der Waals surface area (Å²) in [5, 5.41) is 0.665. The Morgan fingerprint density at radius 2 is 1.96 bits per heavy atom. The number of carbonyl (C=O) groups is 1. The topological polar surface area (TPSA) is 32.8 Å². The lowest BCUT2D eigenvalue weighted by molar-refractivity contribution is 0.0754. The molecule has 2 aliphatic heterocycles. The van der Waals surface area contributed by atoms with Gasteiger partial charge in [0.1, 0.15) is 0 Å². The third-order valence-corrected chi connectivity index (χ3v) is 5.01. The van der Waals surface area contributed by atoms with Crippen LogP contribution in [0.15, 0.2) is 24.3 Å². The van der Waals surface area contributed by atoms with Gasteiger partial charge in [0.2, 0.25) is 0 Å². The number of carbonyl (C=O) groups excluding carboxylic acids is 1. The molecule has 23 heavy (non-hydrogen) atoms. The van der Waals surface area contributed by atoms with Gasteiger partial charge in [0.15, 0.2) is 0 Å². The number of ether oxygens (including phenoxy) is 1. The number of halogens is 1. The molecule has 0 radical (unpaired) electrons. The zero-order valence-corrected chi connectivity index (χ0v) is 14.3. The first-order valence-corrected chi connectivity index (χ1v) is 8.99. The Hall–Kier alpha value is -1.10. The molecule has 0 aliphatic carbocycles. The van der Waals surface area contributed by atoms with Gasteiger partial charge in [0.25, 0.3) is 5.91 Å². The molecule has 126 valence electrons. The van der Waals surface area contributed by atoms with Crippen LogP contribution >= 0.6 is 11.6 Å². The number of rotatable bonds is 4. The van der Waals surface area contributed by atoms with E-state index in [1.54, 1.807) is 12.1 Å². The number of benzene rings is 1. The Morgan fingerprint density at radius 1 is 1.13 bits per heavy atom. The number of nitrogens with zero attached hydrogens (tertiary/aromatic N) is 2. The second-order valence-electron chi connectivity index (χ2n) is 6.42. The summed E-state index contributed by atoms with van der Waals surface area (Å²) in [5.74, 6) is 0.114. The quantitative estimate of drug-likeness (QED) is 0.847. The van der Waals surface area contributed by atoms with Crippen LogP contribution in [0.5, 0.6) is 0 Å². The Balaban J connectivity index is 1.49. The summed E-state index contributed by atoms with van der Waals surface area (Å²) in [6.45, 7) is 5.65. The SMILES string of the molecule is O=C(c1ccc(Cl)cc1)N1CCCN(CCC2CCCO2)CC1. The lowest BCUT2D eigenvalue weighted by Crippen LogP contribution is -2.35. The van der Waals surface area contributed by atoms with Crippen molar-refractivity contribution in [3.05, 3.63) is 34.9 Å². The average Bonchev–Trinajstić information content (AvgIpc) is 2.97. The van der Waals surface area contributed by atoms with Gasteiger partial charge in [-0.15, -0.1) is 0 Å². The van der Waals surface area contributed by atoms with Crippen LogP contribution < -0.4 is 0 Å². The summed E-state index contributed by atoms with van der Waals surface area (Å²) in [6, 6.07) is 7.18. The summed E-state index contributed by atoms with van der Waals surface area (Å²) < 4.78 is 5.70. The largest absolute Gasteiger partial charge is 0.378 e. The van der Waals surface area contributed by atoms with Crippen molar-refractivity contribution >= 4 is 17.5 Å². The molecule has 1 unspecified atom stereocenters. The molecule has 4 nitrogen and oxygen atoms in total. The summed E-state index contributed by atoms with van der Waals surface area (Å²) in [6.07, 6.45) is 5.00. The standard InChI is InChI=1S/C18H25ClN2O2/c19-16-6-4-15(5-7-16)18(22)21-10-2-9-20(12-13-21)11-8-17-3-1-14-23-17/h4-7,17H,1-3,8-14H2. The van der Waals surface area contributed by atoms with Crippen molar-refractivity contribution in [2.24, 2.45) is 0 Å². The Labute approximate surface area is 143 Å². The molecule has 2 heterocycles. The van der Waals surface area contributed by atoms with E-state index in [2.05, 4.69) is 4.90 Å². The first kappa shape index (κ1) is 16.7. The molecule has 1 atom stereocenters. The highest BCUT2D eigenvalue weighted by Crippen LogP contribution is 2.17. The minimum Gasteiger partial charge on any atom is -0.378 e. The van der Waals surface area contributed by atoms with Crippen LogP contribution in [0.3, 0.4) is 0 Å². The fourth-order valence-corrected chi connectivity index (χ4v) is 3.50. The molecule has 2 saturated heterocycles. The van der Waals surface area contributed by atoms with Gasteiger partial charge in [-0.25, -0.2) is 0 Å². The van der Waals surface area contributed by atoms with E-state index < -0.39 is 0 Å². The fourth-order valence-electron chi connectivity index (χ4n) is 3.37. The van der Waals surface area contributed by atoms with Crippen LogP contribution in [0.4, 0.5) is 0 Å². The van der Waals surface area contributed by atoms with Gasteiger partial charge in [-0.1, -0.05) is 11.6 Å². The van der Waals surface area contributed by atoms with Gasteiger partial charge in [-0.2, -0.15) is 0 Å². The molecule has 1 amide bonds. The van der Waals surface area contributed by atoms with Crippen LogP contribution in [0.2, 0.25) is 5.02 Å². The molecule has 0 bridgehead atoms. The van der Waals surface area contributed by atoms with Crippen LogP contribution in [0.1, 0.15) is 36.0 Å². The summed E-state index contributed by atoms with van der Waals surface area (Å²) in [7, 11) is 0. The lowest BCUT2D eigenvalue weighted by Gasteiger charge is -2.23. The Morgan fingerprint density at radius 3 is 2.70 bits per heavy atom. The summed E-state index contributed by atoms with van der Waals surface area (Å²) >= 11 is 5.89. The highest BCUT2D eigenvalue weighted by molar-refractivity contribution is 6.30. The van der Waals surface area contributed by atoms with E-state index in [1.165, 1.54) is 12.8 Å². The monoisotopic (exact) mass is 336 g/mol. The average molecular weight is 337 g/mol. The Kier molecular flexibility index (Phi) is 5.92. The normalized spacial score (nSPS) is 23.0. The fraction of sp³-hybridized carbons (Fsp3) is 0.611. The number of amides is 1. The van der Waals surface area contributed by atoms with Crippen molar-refractivity contribution in [3.8, 4) is 0 Å². The van der Waals surface area contributed by atoms with E-state index in [4.69, 9.17) is 16.3 Å². The molecule has 3 rings (SSSR count). The minimum atomic E-state index is 0.114. The molecular formula is C18H25ClN2O2. The molecule has 0 N–H and O–H groups in total. The van der Waals surface area contributed by atoms with Gasteiger partial charge in [0.05, 0.1) is 6.10 Å². The molecule has 1 aromatic carbocycles. The molecule has 5 heteroatoms. The minimum absolute atomic E-state index is 0.114. The maximum atomic E-state index is 12.6. The molecule has 2 fully saturated rings. The van der Waals surface area contributed by atoms with Crippen LogP contribution in [-0.4, -0.2) is 61.1 Å². The van der Waals surface area contributed by atoms with E-state index in [9.17, 15) is 4.79 Å². The molecule has 0 aromatic heterocycles. The van der Waals surface area contributed by atoms with Gasteiger partial charge in [-0.05, 0) is 56.5 Å². The van der Waals surface area contributed by atoms with Crippen molar-refractivity contribution in [2.75, 3.05) is 39.3 Å². The summed E-state index contributed by atoms with van der Waals surface area (Å²) in [5.41, 5.74) is 0.724. The third kappa shape index (κ3) is 4.69. The van der Waals surface area contributed by atoms with Gasteiger partial charge in [-0.3, -0.25) is 4.79 Å². The smallest absolute Gasteiger partial charge is 0.253 e. The van der Waals surface area contributed by atoms with Gasteiger partial charge < -0.3 is 14.5 Å². The molecule has 2 aliphatic rings. The van der Waals surface area contributed by atoms with Crippen LogP contribution in [-0.2, 0) is 4.74 Å². The highest BCUT2D eigenvalue weighted by Gasteiger charge is 2.22. The predicted octanol–water partition coefficient (Wildman–Crippen LogP) is 3.06. The molecule has 0 spiro atoms. The van der Waals surface area contributed by atoms with Crippen molar-refractivity contribution in [1.29, 1.82) is 0 Å². The van der Waals surface area contributed by atoms with E-state index in [0.29, 0.717) is 11.1 Å². The van der Waals surface area contributed by atoms with Crippen LogP contribution in [0.25, 0.3) is 0 Å². The van der Waals surface area contributed by atoms with E-state index in [-0.39, 0.29) is 5.91 Å². The van der Waals surface area contributed by atoms with E-state index in [0.717, 1.165) is 57.7 Å². The van der Waals surface area contributed by atoms with Gasteiger partial charge >= 0.3 is 0 Å². The second-order valence-corrected chi connectivity index (χ2v) is 6.85. The van der Waals surface area contributed by atoms with Crippen molar-refractivity contribution in [1.82, 2.24) is 9.80 Å². The number of hydrogen-bond donors (Lipinski definition) is 0. The van der Waals surface area contributed by atoms with E-state index >= 15 is 0 Å². The van der Waals surface area contributed by atoms with E-state index in [1.807, 2.05) is 17.0 Å². The van der Waals surface area contributed by atoms with Crippen molar-refractivity contribution < 1.29 is 9.53 Å². The zero-order valence-electron chi connectivity index (χ0n) is 13.5. The first-order chi connectivity index (χ1) is 11.2. The Bertz CT molecular complexity index is 514. The summed E-state index contributed by atoms with van der Waals surface area (Å²) in [4.78, 5) is 17.0. The van der Waals surface area contributed by atoms with Crippen LogP contribution in [0, 0.1) is 0 Å². The number of hydrogen-bond acceptors (Lipinski definition) is 3. The third-order valence-electron chi connectivity index (χ3n) is 4.76. The van der Waals surface area contributed by atoms with Gasteiger partial charge in [0, 0.05) is 43.4 Å². The lowest BCUT2D eigenvalue weighted by atomic mass is 10.2. The highest BCUT2D eigenvalue weighted by atomic mass is 35.5. The zero-order chi connectivity index (χ0) is 16.1. The first-order valence-electron chi connectivity index (χ1n) is 8.61. The van der Waals surface area contributed by atoms with Crippen molar-refractivity contribution in [3.63, 3.8) is 0 Å². The van der Waals surface area contributed by atoms with Crippen molar-refractivity contribution in [2.45, 2.75) is 31.8 Å². The maximum absolute atomic E-state index is 12.6.